The van der Waals surface area contributed by atoms with Crippen LogP contribution in [0.3, 0.4) is 0 Å². The molecule has 0 amide bonds. The van der Waals surface area contributed by atoms with Gasteiger partial charge in [0, 0.05) is 0 Å². The van der Waals surface area contributed by atoms with Crippen LogP contribution in [-0.2, 0) is 15.6 Å². The van der Waals surface area contributed by atoms with Gasteiger partial charge < -0.3 is 0 Å². The van der Waals surface area contributed by atoms with Crippen molar-refractivity contribution in [3.05, 3.63) is 106 Å². The maximum absolute atomic E-state index is 8.45. The van der Waals surface area contributed by atoms with E-state index in [-0.39, 0.29) is 7.25 Å². The molecule has 8 heteroatoms. The van der Waals surface area contributed by atoms with Gasteiger partial charge in [0.15, 0.2) is 0 Å². The second-order valence-corrected chi connectivity index (χ2v) is 55.3. The van der Waals surface area contributed by atoms with Crippen molar-refractivity contribution in [3.8, 4) is 45.3 Å². The normalized spacial score (nSPS) is 17.8. The molecule has 2 atom stereocenters. The number of rotatable bonds is 9. The van der Waals surface area contributed by atoms with E-state index < -0.39 is 21.5 Å². The van der Waals surface area contributed by atoms with Gasteiger partial charge in [-0.15, -0.1) is 0 Å². The average Bonchev–Trinajstić information content (AvgIpc) is 3.60. The third-order valence-electron chi connectivity index (χ3n) is 10.1. The molecule has 4 aromatic rings. The van der Waals surface area contributed by atoms with E-state index in [0.29, 0.717) is 0 Å². The fourth-order valence-electron chi connectivity index (χ4n) is 7.83. The van der Waals surface area contributed by atoms with Crippen LogP contribution < -0.4 is 18.9 Å². The molecular formula is C38H41Cl2O4SiZr. The Bertz CT molecular complexity index is 1740. The van der Waals surface area contributed by atoms with Crippen molar-refractivity contribution in [3.63, 3.8) is 0 Å². The molecule has 2 aliphatic rings. The van der Waals surface area contributed by atoms with E-state index in [0.717, 1.165) is 45.3 Å². The Balaban J connectivity index is 1.53. The monoisotopic (exact) mass is 749 g/mol. The number of fused-ring (bicyclic) bond motifs is 2. The van der Waals surface area contributed by atoms with Crippen LogP contribution in [0.1, 0.15) is 43.4 Å². The van der Waals surface area contributed by atoms with Gasteiger partial charge in [-0.2, -0.15) is 0 Å². The van der Waals surface area contributed by atoms with E-state index in [4.69, 9.17) is 36.0 Å². The Morgan fingerprint density at radius 2 is 0.913 bits per heavy atom. The zero-order valence-electron chi connectivity index (χ0n) is 27.7. The van der Waals surface area contributed by atoms with Crippen molar-refractivity contribution in [2.24, 2.45) is 0 Å². The molecule has 46 heavy (non-hydrogen) atoms. The van der Waals surface area contributed by atoms with Crippen LogP contribution in [-0.4, -0.2) is 34.4 Å². The second kappa shape index (κ2) is 12.4. The summed E-state index contributed by atoms with van der Waals surface area (Å²) in [5.41, 5.74) is 11.7. The van der Waals surface area contributed by atoms with Gasteiger partial charge in [0.25, 0.3) is 0 Å². The zero-order chi connectivity index (χ0) is 33.0. The molecule has 4 aromatic carbocycles. The third kappa shape index (κ3) is 5.21. The van der Waals surface area contributed by atoms with Gasteiger partial charge in [-0.3, -0.25) is 0 Å². The molecule has 0 spiro atoms. The fraction of sp³-hybridized carbons (Fsp3) is 0.263. The summed E-state index contributed by atoms with van der Waals surface area (Å²) in [6.07, 6.45) is 4.65. The summed E-state index contributed by atoms with van der Waals surface area (Å²) in [6.45, 7) is 9.19. The maximum atomic E-state index is 8.45. The molecule has 0 bridgehead atoms. The molecule has 0 N–H and O–H groups in total. The molecule has 0 saturated heterocycles. The van der Waals surface area contributed by atoms with Crippen molar-refractivity contribution in [2.75, 3.05) is 28.4 Å². The summed E-state index contributed by atoms with van der Waals surface area (Å²) in [7, 11) is 23.6. The molecule has 0 heterocycles. The number of methoxy groups -OCH3 is 4. The first kappa shape index (κ1) is 33.2. The quantitative estimate of drug-likeness (QED) is 0.160. The van der Waals surface area contributed by atoms with Crippen LogP contribution >= 0.6 is 17.0 Å². The predicted molar refractivity (Wildman–Crippen MR) is 193 cm³/mol. The SMILES string of the molecule is COc1cc(OC)cc(-c2cccc3c2C=C(C)[CH]3[Zr]([Cl])([Cl])([CH]2C(C)=Cc3c(-c4cc(OC)cc(OC)c4)cccc32)[SiH](C)C)c1. The average molecular weight is 752 g/mol. The van der Waals surface area contributed by atoms with Crippen molar-refractivity contribution >= 4 is 35.1 Å². The van der Waals surface area contributed by atoms with Crippen LogP contribution in [0, 0.1) is 0 Å². The predicted octanol–water partition coefficient (Wildman–Crippen LogP) is 10.7. The minimum absolute atomic E-state index is 0.00115. The van der Waals surface area contributed by atoms with Gasteiger partial charge in [-0.25, -0.2) is 0 Å². The minimum atomic E-state index is -4.83. The van der Waals surface area contributed by atoms with E-state index in [1.54, 1.807) is 28.4 Å². The van der Waals surface area contributed by atoms with Crippen LogP contribution in [0.5, 0.6) is 23.0 Å². The summed E-state index contributed by atoms with van der Waals surface area (Å²) in [5, 5.41) is 0. The van der Waals surface area contributed by atoms with Crippen molar-refractivity contribution in [1.29, 1.82) is 0 Å². The Hall–Kier alpha value is -2.76. The summed E-state index contributed by atoms with van der Waals surface area (Å²) >= 11 is -4.83. The van der Waals surface area contributed by atoms with Gasteiger partial charge in [-0.1, -0.05) is 0 Å². The summed E-state index contributed by atoms with van der Waals surface area (Å²) in [4.78, 5) is 0. The summed E-state index contributed by atoms with van der Waals surface area (Å²) in [6, 6.07) is 25.2. The molecule has 239 valence electrons. The Morgan fingerprint density at radius 3 is 1.22 bits per heavy atom. The van der Waals surface area contributed by atoms with Crippen LogP contribution in [0.4, 0.5) is 0 Å². The Morgan fingerprint density at radius 1 is 0.565 bits per heavy atom. The summed E-state index contributed by atoms with van der Waals surface area (Å²) < 4.78 is 22.5. The fourth-order valence-corrected chi connectivity index (χ4v) is 40.8. The van der Waals surface area contributed by atoms with Gasteiger partial charge in [0.1, 0.15) is 0 Å². The zero-order valence-corrected chi connectivity index (χ0v) is 32.8. The van der Waals surface area contributed by atoms with Crippen LogP contribution in [0.15, 0.2) is 83.9 Å². The molecule has 0 fully saturated rings. The van der Waals surface area contributed by atoms with Gasteiger partial charge in [0.2, 0.25) is 0 Å². The second-order valence-electron chi connectivity index (χ2n) is 12.8. The Kier molecular flexibility index (Phi) is 8.91. The number of benzene rings is 4. The molecule has 0 saturated carbocycles. The molecule has 0 aliphatic heterocycles. The molecule has 0 radical (unpaired) electrons. The number of halogens is 2. The molecule has 0 aromatic heterocycles. The number of hydrogen-bond acceptors (Lipinski definition) is 4. The van der Waals surface area contributed by atoms with Gasteiger partial charge >= 0.3 is 284 Å². The van der Waals surface area contributed by atoms with E-state index in [2.05, 4.69) is 99.8 Å². The number of allylic oxidation sites excluding steroid dienone is 2. The van der Waals surface area contributed by atoms with Crippen molar-refractivity contribution < 1.29 is 34.5 Å². The van der Waals surface area contributed by atoms with E-state index >= 15 is 0 Å². The first-order valence-electron chi connectivity index (χ1n) is 15.6. The first-order valence-corrected chi connectivity index (χ1v) is 31.9. The topological polar surface area (TPSA) is 36.9 Å². The van der Waals surface area contributed by atoms with Gasteiger partial charge in [0.05, 0.1) is 0 Å². The molecule has 6 rings (SSSR count). The molecular weight excluding hydrogens is 711 g/mol. The first-order chi connectivity index (χ1) is 21.9. The molecule has 2 aliphatic carbocycles. The van der Waals surface area contributed by atoms with E-state index in [9.17, 15) is 0 Å². The van der Waals surface area contributed by atoms with Crippen LogP contribution in [0.2, 0.25) is 13.1 Å². The molecule has 4 nitrogen and oxygen atoms in total. The summed E-state index contributed by atoms with van der Waals surface area (Å²) in [5.74, 6) is 1.35. The third-order valence-corrected chi connectivity index (χ3v) is 62.4. The standard InChI is InChI=1S/2C18H17O2.C2H7Si.2ClH.Zr/c2*1-12-7-13-5-4-6-17(18(13)8-12)14-9-15(19-2)11-16(10-14)20-3;1-3-2;;;/h2*4-11H,1-3H3;3H,1-2H3;2*1H;/q;;;;;+2/p-2. The van der Waals surface area contributed by atoms with Crippen molar-refractivity contribution in [1.82, 2.24) is 0 Å². The molecule has 2 unspecified atom stereocenters. The number of hydrogen-bond donors (Lipinski definition) is 0. The Labute approximate surface area is 281 Å². The number of ether oxygens (including phenoxy) is 4. The van der Waals surface area contributed by atoms with E-state index in [1.165, 1.54) is 33.4 Å². The van der Waals surface area contributed by atoms with Gasteiger partial charge in [-0.05, 0) is 0 Å². The van der Waals surface area contributed by atoms with Crippen molar-refractivity contribution in [2.45, 2.75) is 34.2 Å². The van der Waals surface area contributed by atoms with E-state index in [1.807, 2.05) is 12.1 Å². The van der Waals surface area contributed by atoms with Crippen LogP contribution in [0.25, 0.3) is 34.4 Å².